The number of hydrogen-bond donors (Lipinski definition) is 0. The van der Waals surface area contributed by atoms with Crippen molar-refractivity contribution in [1.29, 1.82) is 5.26 Å². The molecule has 0 aromatic heterocycles. The molecule has 1 rings (SSSR count). The zero-order chi connectivity index (χ0) is 12.9. The lowest BCUT2D eigenvalue weighted by Crippen LogP contribution is -2.14. The van der Waals surface area contributed by atoms with Crippen LogP contribution in [0.5, 0.6) is 5.75 Å². The molecule has 0 aliphatic carbocycles. The fourth-order valence-corrected chi connectivity index (χ4v) is 2.00. The first-order valence-corrected chi connectivity index (χ1v) is 7.20. The van der Waals surface area contributed by atoms with Crippen molar-refractivity contribution in [1.82, 2.24) is 0 Å². The summed E-state index contributed by atoms with van der Waals surface area (Å²) < 4.78 is 28.3. The molecule has 1 unspecified atom stereocenters. The van der Waals surface area contributed by atoms with E-state index in [-0.39, 0.29) is 11.0 Å². The van der Waals surface area contributed by atoms with E-state index in [1.807, 2.05) is 13.0 Å². The van der Waals surface area contributed by atoms with Gasteiger partial charge in [-0.2, -0.15) is 5.26 Å². The van der Waals surface area contributed by atoms with Gasteiger partial charge in [0.15, 0.2) is 9.84 Å². The molecule has 5 heteroatoms. The summed E-state index contributed by atoms with van der Waals surface area (Å²) >= 11 is 0. The fourth-order valence-electron chi connectivity index (χ4n) is 1.34. The lowest BCUT2D eigenvalue weighted by molar-refractivity contribution is 0.202. The van der Waals surface area contributed by atoms with Crippen LogP contribution in [0.1, 0.15) is 19.8 Å². The van der Waals surface area contributed by atoms with Crippen molar-refractivity contribution >= 4 is 9.84 Å². The molecule has 0 N–H and O–H groups in total. The van der Waals surface area contributed by atoms with Gasteiger partial charge in [0.05, 0.1) is 17.4 Å². The Morgan fingerprint density at radius 1 is 1.47 bits per heavy atom. The molecule has 0 bridgehead atoms. The molecular weight excluding hydrogens is 238 g/mol. The quantitative estimate of drug-likeness (QED) is 0.806. The molecule has 1 aromatic carbocycles. The van der Waals surface area contributed by atoms with Gasteiger partial charge in [-0.05, 0) is 24.6 Å². The number of nitriles is 1. The largest absolute Gasteiger partial charge is 0.489 e. The minimum atomic E-state index is -3.23. The summed E-state index contributed by atoms with van der Waals surface area (Å²) in [6.45, 7) is 1.92. The van der Waals surface area contributed by atoms with Crippen molar-refractivity contribution in [3.63, 3.8) is 0 Å². The number of sulfone groups is 1. The number of benzene rings is 1. The lowest BCUT2D eigenvalue weighted by atomic mass is 10.2. The van der Waals surface area contributed by atoms with Gasteiger partial charge in [-0.25, -0.2) is 8.42 Å². The van der Waals surface area contributed by atoms with Crippen molar-refractivity contribution in [2.24, 2.45) is 0 Å². The Morgan fingerprint density at radius 2 is 2.18 bits per heavy atom. The summed E-state index contributed by atoms with van der Waals surface area (Å²) in [6.07, 6.45) is 1.95. The third-order valence-corrected chi connectivity index (χ3v) is 3.42. The first-order chi connectivity index (χ1) is 7.97. The Balaban J connectivity index is 2.90. The van der Waals surface area contributed by atoms with Gasteiger partial charge in [0, 0.05) is 6.26 Å². The smallest absolute Gasteiger partial charge is 0.175 e. The second-order valence-corrected chi connectivity index (χ2v) is 5.77. The number of hydrogen-bond acceptors (Lipinski definition) is 4. The molecule has 0 spiro atoms. The summed E-state index contributed by atoms with van der Waals surface area (Å²) in [6, 6.07) is 8.36. The second kappa shape index (κ2) is 5.69. The van der Waals surface area contributed by atoms with Crippen molar-refractivity contribution in [3.8, 4) is 11.8 Å². The zero-order valence-corrected chi connectivity index (χ0v) is 10.7. The van der Waals surface area contributed by atoms with E-state index >= 15 is 0 Å². The minimum Gasteiger partial charge on any atom is -0.489 e. The molecule has 0 saturated heterocycles. The van der Waals surface area contributed by atoms with E-state index in [0.717, 1.165) is 6.26 Å². The predicted molar refractivity (Wildman–Crippen MR) is 64.5 cm³/mol. The van der Waals surface area contributed by atoms with E-state index in [2.05, 4.69) is 0 Å². The van der Waals surface area contributed by atoms with E-state index in [4.69, 9.17) is 10.00 Å². The monoisotopic (exact) mass is 253 g/mol. The van der Waals surface area contributed by atoms with Crippen molar-refractivity contribution in [3.05, 3.63) is 24.3 Å². The first kappa shape index (κ1) is 13.5. The van der Waals surface area contributed by atoms with Crippen molar-refractivity contribution in [2.45, 2.75) is 30.8 Å². The predicted octanol–water partition coefficient (Wildman–Crippen LogP) is 2.16. The Labute approximate surface area is 102 Å². The molecule has 0 aliphatic heterocycles. The fraction of sp³-hybridized carbons (Fsp3) is 0.417. The maximum absolute atomic E-state index is 11.4. The Bertz CT molecular complexity index is 517. The average molecular weight is 253 g/mol. The van der Waals surface area contributed by atoms with Gasteiger partial charge in [0.1, 0.15) is 11.9 Å². The van der Waals surface area contributed by atoms with E-state index in [1.54, 1.807) is 12.1 Å². The van der Waals surface area contributed by atoms with Gasteiger partial charge in [-0.1, -0.05) is 13.0 Å². The second-order valence-electron chi connectivity index (χ2n) is 3.76. The summed E-state index contributed by atoms with van der Waals surface area (Å²) in [7, 11) is -3.23. The molecule has 0 radical (unpaired) electrons. The van der Waals surface area contributed by atoms with Crippen molar-refractivity contribution in [2.75, 3.05) is 6.26 Å². The molecule has 1 aromatic rings. The highest BCUT2D eigenvalue weighted by Gasteiger charge is 2.11. The van der Waals surface area contributed by atoms with Gasteiger partial charge < -0.3 is 4.74 Å². The van der Waals surface area contributed by atoms with Crippen LogP contribution < -0.4 is 4.74 Å². The van der Waals surface area contributed by atoms with Gasteiger partial charge in [-0.3, -0.25) is 0 Å². The SMILES string of the molecule is CCC(CC#N)Oc1cccc(S(C)(=O)=O)c1. The first-order valence-electron chi connectivity index (χ1n) is 5.31. The Morgan fingerprint density at radius 3 is 2.71 bits per heavy atom. The van der Waals surface area contributed by atoms with Gasteiger partial charge in [0.2, 0.25) is 0 Å². The van der Waals surface area contributed by atoms with Crippen LogP contribution in [-0.2, 0) is 9.84 Å². The normalized spacial score (nSPS) is 12.8. The molecule has 0 saturated carbocycles. The molecular formula is C12H15NO3S. The van der Waals surface area contributed by atoms with Crippen LogP contribution >= 0.6 is 0 Å². The van der Waals surface area contributed by atoms with Crippen LogP contribution in [0.4, 0.5) is 0 Å². The van der Waals surface area contributed by atoms with Crippen LogP contribution in [-0.4, -0.2) is 20.8 Å². The number of nitrogens with zero attached hydrogens (tertiary/aromatic N) is 1. The van der Waals surface area contributed by atoms with Crippen LogP contribution in [0, 0.1) is 11.3 Å². The van der Waals surface area contributed by atoms with Crippen LogP contribution in [0.15, 0.2) is 29.2 Å². The van der Waals surface area contributed by atoms with Crippen LogP contribution in [0.3, 0.4) is 0 Å². The molecule has 0 aliphatic rings. The lowest BCUT2D eigenvalue weighted by Gasteiger charge is -2.14. The highest BCUT2D eigenvalue weighted by molar-refractivity contribution is 7.90. The average Bonchev–Trinajstić information content (AvgIpc) is 2.28. The van der Waals surface area contributed by atoms with E-state index in [9.17, 15) is 8.42 Å². The summed E-state index contributed by atoms with van der Waals surface area (Å²) in [5, 5.41) is 8.60. The van der Waals surface area contributed by atoms with E-state index in [0.29, 0.717) is 18.6 Å². The molecule has 0 fully saturated rings. The third kappa shape index (κ3) is 4.08. The van der Waals surface area contributed by atoms with E-state index < -0.39 is 9.84 Å². The minimum absolute atomic E-state index is 0.199. The molecule has 17 heavy (non-hydrogen) atoms. The maximum Gasteiger partial charge on any atom is 0.175 e. The highest BCUT2D eigenvalue weighted by atomic mass is 32.2. The molecule has 92 valence electrons. The zero-order valence-electron chi connectivity index (χ0n) is 9.88. The topological polar surface area (TPSA) is 67.2 Å². The van der Waals surface area contributed by atoms with Crippen LogP contribution in [0.2, 0.25) is 0 Å². The standard InChI is InChI=1S/C12H15NO3S/c1-3-10(7-8-13)16-11-5-4-6-12(9-11)17(2,14)15/h4-6,9-10H,3,7H2,1-2H3. The van der Waals surface area contributed by atoms with Gasteiger partial charge in [-0.15, -0.1) is 0 Å². The van der Waals surface area contributed by atoms with Crippen LogP contribution in [0.25, 0.3) is 0 Å². The third-order valence-electron chi connectivity index (χ3n) is 2.31. The number of rotatable bonds is 5. The molecule has 0 heterocycles. The van der Waals surface area contributed by atoms with E-state index in [1.165, 1.54) is 12.1 Å². The molecule has 0 amide bonds. The summed E-state index contributed by atoms with van der Waals surface area (Å²) in [5.74, 6) is 0.482. The Hall–Kier alpha value is -1.54. The summed E-state index contributed by atoms with van der Waals surface area (Å²) in [5.41, 5.74) is 0. The summed E-state index contributed by atoms with van der Waals surface area (Å²) in [4.78, 5) is 0.224. The molecule has 1 atom stereocenters. The highest BCUT2D eigenvalue weighted by Crippen LogP contribution is 2.19. The van der Waals surface area contributed by atoms with Crippen molar-refractivity contribution < 1.29 is 13.2 Å². The van der Waals surface area contributed by atoms with Gasteiger partial charge in [0.25, 0.3) is 0 Å². The number of ether oxygens (including phenoxy) is 1. The molecule has 4 nitrogen and oxygen atoms in total. The maximum atomic E-state index is 11.4. The Kier molecular flexibility index (Phi) is 4.53. The van der Waals surface area contributed by atoms with Gasteiger partial charge >= 0.3 is 0 Å².